The SMILES string of the molecule is CN1CCN(c2ccccc2CNC(=O)c2ccccc2SCc2cscn2)CC1. The molecule has 0 unspecified atom stereocenters. The number of thiazole rings is 1. The van der Waals surface area contributed by atoms with Gasteiger partial charge in [-0.05, 0) is 30.8 Å². The molecular weight excluding hydrogens is 412 g/mol. The van der Waals surface area contributed by atoms with E-state index in [4.69, 9.17) is 0 Å². The van der Waals surface area contributed by atoms with Gasteiger partial charge < -0.3 is 15.1 Å². The Balaban J connectivity index is 1.42. The van der Waals surface area contributed by atoms with Crippen LogP contribution in [0.4, 0.5) is 5.69 Å². The van der Waals surface area contributed by atoms with Crippen molar-refractivity contribution in [2.75, 3.05) is 38.1 Å². The molecule has 2 aromatic carbocycles. The van der Waals surface area contributed by atoms with Gasteiger partial charge in [0, 0.05) is 54.4 Å². The predicted molar refractivity (Wildman–Crippen MR) is 125 cm³/mol. The molecule has 1 N–H and O–H groups in total. The number of anilines is 1. The van der Waals surface area contributed by atoms with Crippen molar-refractivity contribution in [3.8, 4) is 0 Å². The van der Waals surface area contributed by atoms with Gasteiger partial charge in [0.15, 0.2) is 0 Å². The number of carbonyl (C=O) groups is 1. The summed E-state index contributed by atoms with van der Waals surface area (Å²) in [4.78, 5) is 23.0. The Kier molecular flexibility index (Phi) is 7.04. The second-order valence-electron chi connectivity index (χ2n) is 7.37. The molecule has 1 fully saturated rings. The van der Waals surface area contributed by atoms with E-state index in [-0.39, 0.29) is 5.91 Å². The first kappa shape index (κ1) is 20.9. The van der Waals surface area contributed by atoms with Crippen LogP contribution in [0.15, 0.2) is 64.3 Å². The van der Waals surface area contributed by atoms with Crippen LogP contribution >= 0.6 is 23.1 Å². The molecule has 0 atom stereocenters. The zero-order chi connectivity index (χ0) is 20.8. The van der Waals surface area contributed by atoms with E-state index < -0.39 is 0 Å². The zero-order valence-corrected chi connectivity index (χ0v) is 18.7. The minimum absolute atomic E-state index is 0.0374. The van der Waals surface area contributed by atoms with Crippen LogP contribution < -0.4 is 10.2 Å². The van der Waals surface area contributed by atoms with E-state index in [1.165, 1.54) is 5.69 Å². The van der Waals surface area contributed by atoms with Crippen molar-refractivity contribution in [1.29, 1.82) is 0 Å². The van der Waals surface area contributed by atoms with Crippen molar-refractivity contribution in [1.82, 2.24) is 15.2 Å². The lowest BCUT2D eigenvalue weighted by atomic mass is 10.1. The highest BCUT2D eigenvalue weighted by atomic mass is 32.2. The molecule has 0 bridgehead atoms. The third kappa shape index (κ3) is 5.22. The number of rotatable bonds is 7. The summed E-state index contributed by atoms with van der Waals surface area (Å²) >= 11 is 3.25. The predicted octanol–water partition coefficient (Wildman–Crippen LogP) is 4.12. The molecule has 156 valence electrons. The van der Waals surface area contributed by atoms with Gasteiger partial charge in [-0.2, -0.15) is 0 Å². The fourth-order valence-corrected chi connectivity index (χ4v) is 5.14. The number of hydrogen-bond acceptors (Lipinski definition) is 6. The van der Waals surface area contributed by atoms with Crippen molar-refractivity contribution in [2.24, 2.45) is 0 Å². The Labute approximate surface area is 186 Å². The number of amides is 1. The molecule has 5 nitrogen and oxygen atoms in total. The lowest BCUT2D eigenvalue weighted by Gasteiger charge is -2.35. The molecule has 1 amide bonds. The van der Waals surface area contributed by atoms with Gasteiger partial charge in [-0.1, -0.05) is 30.3 Å². The summed E-state index contributed by atoms with van der Waals surface area (Å²) in [5.74, 6) is 0.726. The smallest absolute Gasteiger partial charge is 0.252 e. The molecule has 1 aliphatic rings. The van der Waals surface area contributed by atoms with Gasteiger partial charge in [0.25, 0.3) is 5.91 Å². The topological polar surface area (TPSA) is 48.5 Å². The first-order valence-corrected chi connectivity index (χ1v) is 12.0. The molecule has 0 aliphatic carbocycles. The Bertz CT molecular complexity index is 969. The van der Waals surface area contributed by atoms with Crippen LogP contribution in [0, 0.1) is 0 Å². The van der Waals surface area contributed by atoms with Crippen molar-refractivity contribution in [2.45, 2.75) is 17.2 Å². The molecule has 30 heavy (non-hydrogen) atoms. The third-order valence-corrected chi connectivity index (χ3v) is 7.01. The van der Waals surface area contributed by atoms with Gasteiger partial charge >= 0.3 is 0 Å². The number of nitrogens with zero attached hydrogens (tertiary/aromatic N) is 3. The summed E-state index contributed by atoms with van der Waals surface area (Å²) in [7, 11) is 2.16. The molecular formula is C23H26N4OS2. The highest BCUT2D eigenvalue weighted by molar-refractivity contribution is 7.98. The number of para-hydroxylation sites is 1. The second kappa shape index (κ2) is 10.1. The standard InChI is InChI=1S/C23H26N4OS2/c1-26-10-12-27(13-11-26)21-8-4-2-6-18(21)14-24-23(28)20-7-3-5-9-22(20)30-16-19-15-29-17-25-19/h2-9,15,17H,10-14,16H2,1H3,(H,24,28). The number of carbonyl (C=O) groups excluding carboxylic acids is 1. The highest BCUT2D eigenvalue weighted by Gasteiger charge is 2.18. The number of hydrogen-bond donors (Lipinski definition) is 1. The lowest BCUT2D eigenvalue weighted by molar-refractivity contribution is 0.0948. The number of nitrogens with one attached hydrogen (secondary N) is 1. The fraction of sp³-hybridized carbons (Fsp3) is 0.304. The van der Waals surface area contributed by atoms with Crippen LogP contribution in [-0.2, 0) is 12.3 Å². The number of piperazine rings is 1. The average Bonchev–Trinajstić information content (AvgIpc) is 3.31. The van der Waals surface area contributed by atoms with Crippen LogP contribution in [0.3, 0.4) is 0 Å². The number of aromatic nitrogens is 1. The van der Waals surface area contributed by atoms with Gasteiger partial charge in [0.05, 0.1) is 16.8 Å². The van der Waals surface area contributed by atoms with Gasteiger partial charge in [-0.3, -0.25) is 4.79 Å². The monoisotopic (exact) mass is 438 g/mol. The minimum atomic E-state index is -0.0374. The Morgan fingerprint density at radius 2 is 1.87 bits per heavy atom. The molecule has 4 rings (SSSR count). The largest absolute Gasteiger partial charge is 0.369 e. The van der Waals surface area contributed by atoms with Crippen LogP contribution in [0.25, 0.3) is 0 Å². The summed E-state index contributed by atoms with van der Waals surface area (Å²) in [6, 6.07) is 16.2. The van der Waals surface area contributed by atoms with Gasteiger partial charge in [-0.25, -0.2) is 4.98 Å². The molecule has 1 aliphatic heterocycles. The summed E-state index contributed by atoms with van der Waals surface area (Å²) in [6.45, 7) is 4.66. The molecule has 1 saturated heterocycles. The van der Waals surface area contributed by atoms with Crippen LogP contribution in [0.1, 0.15) is 21.6 Å². The van der Waals surface area contributed by atoms with Crippen LogP contribution in [0.5, 0.6) is 0 Å². The van der Waals surface area contributed by atoms with E-state index in [2.05, 4.69) is 45.3 Å². The third-order valence-electron chi connectivity index (χ3n) is 5.27. The van der Waals surface area contributed by atoms with Crippen molar-refractivity contribution < 1.29 is 4.79 Å². The molecule has 0 radical (unpaired) electrons. The molecule has 0 saturated carbocycles. The second-order valence-corrected chi connectivity index (χ2v) is 9.10. The highest BCUT2D eigenvalue weighted by Crippen LogP contribution is 2.27. The van der Waals surface area contributed by atoms with E-state index >= 15 is 0 Å². The minimum Gasteiger partial charge on any atom is -0.369 e. The van der Waals surface area contributed by atoms with E-state index in [1.54, 1.807) is 23.1 Å². The maximum atomic E-state index is 13.0. The fourth-order valence-electron chi connectivity index (χ4n) is 3.53. The molecule has 7 heteroatoms. The van der Waals surface area contributed by atoms with Crippen molar-refractivity contribution in [3.05, 3.63) is 76.2 Å². The Morgan fingerprint density at radius 1 is 1.10 bits per heavy atom. The molecule has 0 spiro atoms. The lowest BCUT2D eigenvalue weighted by Crippen LogP contribution is -2.45. The average molecular weight is 439 g/mol. The summed E-state index contributed by atoms with van der Waals surface area (Å²) in [5.41, 5.74) is 5.97. The first-order chi connectivity index (χ1) is 14.7. The Hall–Kier alpha value is -2.35. The quantitative estimate of drug-likeness (QED) is 0.563. The van der Waals surface area contributed by atoms with Crippen molar-refractivity contribution in [3.63, 3.8) is 0 Å². The number of thioether (sulfide) groups is 1. The van der Waals surface area contributed by atoms with Crippen LogP contribution in [0.2, 0.25) is 0 Å². The van der Waals surface area contributed by atoms with E-state index in [0.29, 0.717) is 6.54 Å². The summed E-state index contributed by atoms with van der Waals surface area (Å²) in [5, 5.41) is 5.18. The van der Waals surface area contributed by atoms with Gasteiger partial charge in [0.1, 0.15) is 0 Å². The number of likely N-dealkylation sites (N-methyl/N-ethyl adjacent to an activating group) is 1. The number of benzene rings is 2. The normalized spacial score (nSPS) is 14.6. The van der Waals surface area contributed by atoms with E-state index in [0.717, 1.165) is 53.6 Å². The summed E-state index contributed by atoms with van der Waals surface area (Å²) < 4.78 is 0. The van der Waals surface area contributed by atoms with Crippen molar-refractivity contribution >= 4 is 34.7 Å². The van der Waals surface area contributed by atoms with E-state index in [9.17, 15) is 4.79 Å². The zero-order valence-electron chi connectivity index (χ0n) is 17.1. The van der Waals surface area contributed by atoms with E-state index in [1.807, 2.05) is 41.2 Å². The van der Waals surface area contributed by atoms with Gasteiger partial charge in [-0.15, -0.1) is 23.1 Å². The van der Waals surface area contributed by atoms with Gasteiger partial charge in [0.2, 0.25) is 0 Å². The molecule has 1 aromatic heterocycles. The maximum absolute atomic E-state index is 13.0. The molecule has 2 heterocycles. The summed E-state index contributed by atoms with van der Waals surface area (Å²) in [6.07, 6.45) is 0. The first-order valence-electron chi connectivity index (χ1n) is 10.1. The maximum Gasteiger partial charge on any atom is 0.252 e. The van der Waals surface area contributed by atoms with Crippen LogP contribution in [-0.4, -0.2) is 49.0 Å². The molecule has 3 aromatic rings. The Morgan fingerprint density at radius 3 is 2.67 bits per heavy atom.